The number of carbonyl (C=O) groups is 1. The molecule has 0 saturated carbocycles. The molecule has 0 bridgehead atoms. The Bertz CT molecular complexity index is 902. The van der Waals surface area contributed by atoms with Gasteiger partial charge in [0.2, 0.25) is 0 Å². The molecule has 1 amide bonds. The predicted molar refractivity (Wildman–Crippen MR) is 120 cm³/mol. The van der Waals surface area contributed by atoms with Crippen molar-refractivity contribution in [3.05, 3.63) is 58.9 Å². The molecule has 0 aliphatic heterocycles. The number of likely N-dealkylation sites (N-methyl/N-ethyl adjacent to an activating group) is 1. The quantitative estimate of drug-likeness (QED) is 0.399. The van der Waals surface area contributed by atoms with E-state index in [2.05, 4.69) is 20.9 Å². The number of nitrogens with zero attached hydrogens (tertiary/aromatic N) is 1. The molecule has 0 heterocycles. The fraction of sp³-hybridized carbons (Fsp3) is 0.391. The van der Waals surface area contributed by atoms with Crippen LogP contribution in [-0.4, -0.2) is 38.7 Å². The van der Waals surface area contributed by atoms with E-state index in [0.29, 0.717) is 49.2 Å². The highest BCUT2D eigenvalue weighted by molar-refractivity contribution is 5.79. The van der Waals surface area contributed by atoms with Gasteiger partial charge >= 0.3 is 0 Å². The first kappa shape index (κ1) is 24.0. The minimum Gasteiger partial charge on any atom is -0.493 e. The average molecular weight is 431 g/mol. The van der Waals surface area contributed by atoms with E-state index in [0.717, 1.165) is 11.1 Å². The zero-order chi connectivity index (χ0) is 22.6. The van der Waals surface area contributed by atoms with Crippen molar-refractivity contribution >= 4 is 11.9 Å². The number of guanidine groups is 1. The second-order valence-electron chi connectivity index (χ2n) is 6.86. The molecule has 0 saturated heterocycles. The number of methoxy groups -OCH3 is 1. The lowest BCUT2D eigenvalue weighted by Crippen LogP contribution is -2.36. The monoisotopic (exact) mass is 430 g/mol. The molecular formula is C23H31FN4O3. The van der Waals surface area contributed by atoms with Gasteiger partial charge in [-0.25, -0.2) is 9.38 Å². The number of hydrogen-bond acceptors (Lipinski definition) is 4. The van der Waals surface area contributed by atoms with E-state index in [1.54, 1.807) is 32.2 Å². The van der Waals surface area contributed by atoms with Crippen molar-refractivity contribution in [1.82, 2.24) is 16.0 Å². The first-order chi connectivity index (χ1) is 15.0. The lowest BCUT2D eigenvalue weighted by molar-refractivity contribution is -0.123. The van der Waals surface area contributed by atoms with E-state index in [9.17, 15) is 9.18 Å². The van der Waals surface area contributed by atoms with Gasteiger partial charge in [-0.05, 0) is 55.7 Å². The van der Waals surface area contributed by atoms with E-state index in [-0.39, 0.29) is 18.3 Å². The zero-order valence-electron chi connectivity index (χ0n) is 18.5. The van der Waals surface area contributed by atoms with E-state index < -0.39 is 0 Å². The Morgan fingerprint density at radius 1 is 1.00 bits per heavy atom. The van der Waals surface area contributed by atoms with Gasteiger partial charge in [-0.15, -0.1) is 0 Å². The summed E-state index contributed by atoms with van der Waals surface area (Å²) in [6.07, 6.45) is 0. The summed E-state index contributed by atoms with van der Waals surface area (Å²) in [5.74, 6) is 1.31. The molecule has 2 aromatic carbocycles. The second kappa shape index (κ2) is 12.4. The highest BCUT2D eigenvalue weighted by atomic mass is 19.1. The number of amides is 1. The number of nitrogens with one attached hydrogen (secondary N) is 3. The van der Waals surface area contributed by atoms with Crippen LogP contribution in [0.1, 0.15) is 30.5 Å². The topological polar surface area (TPSA) is 84.0 Å². The minimum atomic E-state index is -0.217. The van der Waals surface area contributed by atoms with Gasteiger partial charge < -0.3 is 25.4 Å². The molecule has 0 radical (unpaired) electrons. The lowest BCUT2D eigenvalue weighted by Gasteiger charge is -2.14. The molecule has 31 heavy (non-hydrogen) atoms. The van der Waals surface area contributed by atoms with E-state index in [1.165, 1.54) is 6.07 Å². The summed E-state index contributed by atoms with van der Waals surface area (Å²) in [4.78, 5) is 16.2. The summed E-state index contributed by atoms with van der Waals surface area (Å²) in [5.41, 5.74) is 2.50. The molecular weight excluding hydrogens is 399 g/mol. The first-order valence-corrected chi connectivity index (χ1v) is 10.3. The molecule has 0 unspecified atom stereocenters. The van der Waals surface area contributed by atoms with Crippen LogP contribution >= 0.6 is 0 Å². The Labute approximate surface area is 183 Å². The molecule has 3 N–H and O–H groups in total. The summed E-state index contributed by atoms with van der Waals surface area (Å²) in [7, 11) is 1.56. The smallest absolute Gasteiger partial charge is 0.257 e. The number of carbonyl (C=O) groups excluding carboxylic acids is 1. The van der Waals surface area contributed by atoms with Gasteiger partial charge in [0.25, 0.3) is 5.91 Å². The molecule has 2 rings (SSSR count). The third-order valence-corrected chi connectivity index (χ3v) is 4.41. The van der Waals surface area contributed by atoms with Gasteiger partial charge in [-0.3, -0.25) is 4.79 Å². The SMILES string of the molecule is CCNC(=O)COc1ccc(CNC(=NCc2ccc(F)c(C)c2)NCC)cc1OC. The second-order valence-corrected chi connectivity index (χ2v) is 6.86. The normalized spacial score (nSPS) is 11.1. The molecule has 2 aromatic rings. The van der Waals surface area contributed by atoms with Crippen LogP contribution in [0.3, 0.4) is 0 Å². The van der Waals surface area contributed by atoms with Gasteiger partial charge in [0, 0.05) is 19.6 Å². The van der Waals surface area contributed by atoms with Crippen LogP contribution < -0.4 is 25.4 Å². The van der Waals surface area contributed by atoms with Crippen molar-refractivity contribution in [2.45, 2.75) is 33.9 Å². The molecule has 7 nitrogen and oxygen atoms in total. The van der Waals surface area contributed by atoms with Gasteiger partial charge in [0.15, 0.2) is 24.1 Å². The molecule has 0 spiro atoms. The van der Waals surface area contributed by atoms with E-state index in [1.807, 2.05) is 26.0 Å². The highest BCUT2D eigenvalue weighted by Crippen LogP contribution is 2.28. The summed E-state index contributed by atoms with van der Waals surface area (Å²) >= 11 is 0. The maximum absolute atomic E-state index is 13.4. The number of benzene rings is 2. The summed E-state index contributed by atoms with van der Waals surface area (Å²) in [6, 6.07) is 10.5. The largest absolute Gasteiger partial charge is 0.493 e. The van der Waals surface area contributed by atoms with Crippen molar-refractivity contribution in [2.75, 3.05) is 26.8 Å². The van der Waals surface area contributed by atoms with Crippen LogP contribution in [0, 0.1) is 12.7 Å². The molecule has 0 aromatic heterocycles. The van der Waals surface area contributed by atoms with Crippen LogP contribution in [-0.2, 0) is 17.9 Å². The van der Waals surface area contributed by atoms with Crippen molar-refractivity contribution in [3.8, 4) is 11.5 Å². The van der Waals surface area contributed by atoms with Crippen LogP contribution in [0.25, 0.3) is 0 Å². The minimum absolute atomic E-state index is 0.0676. The van der Waals surface area contributed by atoms with Crippen LogP contribution in [0.5, 0.6) is 11.5 Å². The third kappa shape index (κ3) is 7.81. The number of halogens is 1. The fourth-order valence-corrected chi connectivity index (χ4v) is 2.84. The maximum Gasteiger partial charge on any atom is 0.257 e. The number of aliphatic imine (C=N–C) groups is 1. The summed E-state index contributed by atoms with van der Waals surface area (Å²) in [5, 5.41) is 9.16. The van der Waals surface area contributed by atoms with Crippen molar-refractivity contribution in [2.24, 2.45) is 4.99 Å². The van der Waals surface area contributed by atoms with Gasteiger partial charge in [-0.1, -0.05) is 18.2 Å². The zero-order valence-corrected chi connectivity index (χ0v) is 18.5. The number of rotatable bonds is 10. The van der Waals surface area contributed by atoms with Crippen LogP contribution in [0.15, 0.2) is 41.4 Å². The van der Waals surface area contributed by atoms with Crippen molar-refractivity contribution in [3.63, 3.8) is 0 Å². The third-order valence-electron chi connectivity index (χ3n) is 4.41. The average Bonchev–Trinajstić information content (AvgIpc) is 2.77. The summed E-state index contributed by atoms with van der Waals surface area (Å²) in [6.45, 7) is 7.73. The van der Waals surface area contributed by atoms with E-state index in [4.69, 9.17) is 9.47 Å². The Morgan fingerprint density at radius 3 is 2.42 bits per heavy atom. The standard InChI is InChI=1S/C23H31FN4O3/c1-5-25-22(29)15-31-20-10-8-18(12-21(20)30-4)14-28-23(26-6-2)27-13-17-7-9-19(24)16(3)11-17/h7-12H,5-6,13-15H2,1-4H3,(H,25,29)(H2,26,27,28). The van der Waals surface area contributed by atoms with Crippen molar-refractivity contribution in [1.29, 1.82) is 0 Å². The lowest BCUT2D eigenvalue weighted by atomic mass is 10.1. The van der Waals surface area contributed by atoms with E-state index >= 15 is 0 Å². The first-order valence-electron chi connectivity index (χ1n) is 10.3. The molecule has 0 aliphatic rings. The van der Waals surface area contributed by atoms with Gasteiger partial charge in [-0.2, -0.15) is 0 Å². The Morgan fingerprint density at radius 2 is 1.74 bits per heavy atom. The number of hydrogen-bond donors (Lipinski definition) is 3. The summed E-state index contributed by atoms with van der Waals surface area (Å²) < 4.78 is 24.4. The van der Waals surface area contributed by atoms with Crippen LogP contribution in [0.2, 0.25) is 0 Å². The predicted octanol–water partition coefficient (Wildman–Crippen LogP) is 2.91. The number of ether oxygens (including phenoxy) is 2. The van der Waals surface area contributed by atoms with Crippen molar-refractivity contribution < 1.29 is 18.7 Å². The molecule has 8 heteroatoms. The fourth-order valence-electron chi connectivity index (χ4n) is 2.84. The van der Waals surface area contributed by atoms with Gasteiger partial charge in [0.05, 0.1) is 13.7 Å². The number of aryl methyl sites for hydroxylation is 1. The Balaban J connectivity index is 2.00. The molecule has 0 aliphatic carbocycles. The molecule has 0 fully saturated rings. The Kier molecular flexibility index (Phi) is 9.61. The highest BCUT2D eigenvalue weighted by Gasteiger charge is 2.09. The molecule has 168 valence electrons. The Hall–Kier alpha value is -3.29. The molecule has 0 atom stereocenters. The van der Waals surface area contributed by atoms with Gasteiger partial charge in [0.1, 0.15) is 5.82 Å². The van der Waals surface area contributed by atoms with Crippen LogP contribution in [0.4, 0.5) is 4.39 Å². The maximum atomic E-state index is 13.4.